The lowest BCUT2D eigenvalue weighted by atomic mass is 9.86. The van der Waals surface area contributed by atoms with Crippen molar-refractivity contribution in [2.45, 2.75) is 39.8 Å². The van der Waals surface area contributed by atoms with Crippen LogP contribution in [0.2, 0.25) is 0 Å². The Labute approximate surface area is 125 Å². The molecule has 114 valence electrons. The van der Waals surface area contributed by atoms with Gasteiger partial charge in [-0.1, -0.05) is 32.9 Å². The summed E-state index contributed by atoms with van der Waals surface area (Å²) in [6.07, 6.45) is 0.303. The fraction of sp³-hybridized carbons (Fsp3) is 0.500. The maximum Gasteiger partial charge on any atom is 0.246 e. The zero-order chi connectivity index (χ0) is 15.6. The normalized spacial score (nSPS) is 20.1. The van der Waals surface area contributed by atoms with E-state index in [1.807, 2.05) is 26.8 Å². The van der Waals surface area contributed by atoms with E-state index in [1.165, 1.54) is 0 Å². The van der Waals surface area contributed by atoms with Gasteiger partial charge in [-0.25, -0.2) is 0 Å². The van der Waals surface area contributed by atoms with Gasteiger partial charge in [-0.15, -0.1) is 0 Å². The lowest BCUT2D eigenvalue weighted by Gasteiger charge is -2.32. The molecule has 21 heavy (non-hydrogen) atoms. The van der Waals surface area contributed by atoms with E-state index in [0.29, 0.717) is 19.5 Å². The summed E-state index contributed by atoms with van der Waals surface area (Å²) in [7, 11) is 0. The summed E-state index contributed by atoms with van der Waals surface area (Å²) in [4.78, 5) is 26.2. The molecule has 1 saturated heterocycles. The monoisotopic (exact) mass is 290 g/mol. The Bertz CT molecular complexity index is 549. The number of rotatable bonds is 2. The van der Waals surface area contributed by atoms with Gasteiger partial charge in [0.25, 0.3) is 0 Å². The lowest BCUT2D eigenvalue weighted by molar-refractivity contribution is -0.136. The fourth-order valence-corrected chi connectivity index (χ4v) is 2.44. The molecule has 0 saturated carbocycles. The third-order valence-corrected chi connectivity index (χ3v) is 3.62. The first-order chi connectivity index (χ1) is 9.77. The molecule has 1 aliphatic heterocycles. The number of phenols is 1. The standard InChI is InChI=1S/C16H22N2O3/c1-16(2,3)14-15(21)18(8-7-13(20)17-14)10-11-5-4-6-12(19)9-11/h4-6,9,14,19H,7-8,10H2,1-3H3,(H,17,20). The van der Waals surface area contributed by atoms with Crippen molar-refractivity contribution in [3.63, 3.8) is 0 Å². The molecule has 2 amide bonds. The molecule has 2 N–H and O–H groups in total. The van der Waals surface area contributed by atoms with E-state index < -0.39 is 6.04 Å². The Hall–Kier alpha value is -2.04. The predicted molar refractivity (Wildman–Crippen MR) is 79.5 cm³/mol. The van der Waals surface area contributed by atoms with Crippen LogP contribution in [-0.4, -0.2) is 34.4 Å². The molecule has 5 heteroatoms. The van der Waals surface area contributed by atoms with Crippen molar-refractivity contribution in [3.8, 4) is 5.75 Å². The summed E-state index contributed by atoms with van der Waals surface area (Å²) in [5.74, 6) is 0.00900. The van der Waals surface area contributed by atoms with Crippen LogP contribution in [0.1, 0.15) is 32.8 Å². The number of carbonyl (C=O) groups is 2. The Morgan fingerprint density at radius 1 is 1.33 bits per heavy atom. The van der Waals surface area contributed by atoms with E-state index in [9.17, 15) is 14.7 Å². The molecule has 0 radical (unpaired) electrons. The van der Waals surface area contributed by atoms with Gasteiger partial charge < -0.3 is 15.3 Å². The highest BCUT2D eigenvalue weighted by atomic mass is 16.3. The van der Waals surface area contributed by atoms with Crippen LogP contribution in [0.15, 0.2) is 24.3 Å². The van der Waals surface area contributed by atoms with E-state index in [4.69, 9.17) is 0 Å². The highest BCUT2D eigenvalue weighted by molar-refractivity contribution is 5.90. The van der Waals surface area contributed by atoms with Crippen molar-refractivity contribution in [2.75, 3.05) is 6.54 Å². The molecule has 1 unspecified atom stereocenters. The lowest BCUT2D eigenvalue weighted by Crippen LogP contribution is -2.51. The maximum absolute atomic E-state index is 12.7. The minimum atomic E-state index is -0.523. The van der Waals surface area contributed by atoms with Gasteiger partial charge in [-0.2, -0.15) is 0 Å². The van der Waals surface area contributed by atoms with Crippen molar-refractivity contribution in [1.82, 2.24) is 10.2 Å². The minimum Gasteiger partial charge on any atom is -0.508 e. The number of carbonyl (C=O) groups excluding carboxylic acids is 2. The van der Waals surface area contributed by atoms with Crippen molar-refractivity contribution in [1.29, 1.82) is 0 Å². The molecule has 0 bridgehead atoms. The molecule has 1 aliphatic rings. The second kappa shape index (κ2) is 5.76. The minimum absolute atomic E-state index is 0.0725. The molecule has 1 aromatic rings. The van der Waals surface area contributed by atoms with Gasteiger partial charge in [0, 0.05) is 19.5 Å². The van der Waals surface area contributed by atoms with E-state index in [0.717, 1.165) is 5.56 Å². The smallest absolute Gasteiger partial charge is 0.246 e. The van der Waals surface area contributed by atoms with Crippen molar-refractivity contribution in [2.24, 2.45) is 5.41 Å². The summed E-state index contributed by atoms with van der Waals surface area (Å²) >= 11 is 0. The van der Waals surface area contributed by atoms with Crippen LogP contribution in [0.4, 0.5) is 0 Å². The fourth-order valence-electron chi connectivity index (χ4n) is 2.44. The zero-order valence-corrected chi connectivity index (χ0v) is 12.7. The topological polar surface area (TPSA) is 69.6 Å². The highest BCUT2D eigenvalue weighted by Crippen LogP contribution is 2.24. The van der Waals surface area contributed by atoms with Gasteiger partial charge in [0.1, 0.15) is 11.8 Å². The Kier molecular flexibility index (Phi) is 4.21. The summed E-state index contributed by atoms with van der Waals surface area (Å²) in [6, 6.07) is 6.32. The predicted octanol–water partition coefficient (Wildman–Crippen LogP) is 1.66. The van der Waals surface area contributed by atoms with E-state index in [1.54, 1.807) is 23.1 Å². The summed E-state index contributed by atoms with van der Waals surface area (Å²) in [6.45, 7) is 6.61. The first-order valence-corrected chi connectivity index (χ1v) is 7.13. The molecule has 1 atom stereocenters. The number of benzene rings is 1. The Morgan fingerprint density at radius 2 is 2.05 bits per heavy atom. The quantitative estimate of drug-likeness (QED) is 0.870. The van der Waals surface area contributed by atoms with Crippen molar-refractivity contribution >= 4 is 11.8 Å². The van der Waals surface area contributed by atoms with E-state index >= 15 is 0 Å². The number of nitrogens with zero attached hydrogens (tertiary/aromatic N) is 1. The number of phenolic OH excluding ortho intramolecular Hbond substituents is 1. The molecule has 0 aromatic heterocycles. The summed E-state index contributed by atoms with van der Waals surface area (Å²) in [5.41, 5.74) is 0.513. The van der Waals surface area contributed by atoms with Crippen LogP contribution in [0.5, 0.6) is 5.75 Å². The molecule has 1 fully saturated rings. The zero-order valence-electron chi connectivity index (χ0n) is 12.7. The van der Waals surface area contributed by atoms with Crippen LogP contribution in [0, 0.1) is 5.41 Å². The Morgan fingerprint density at radius 3 is 2.67 bits per heavy atom. The first kappa shape index (κ1) is 15.4. The Balaban J connectivity index is 2.21. The second-order valence-electron chi connectivity index (χ2n) is 6.55. The van der Waals surface area contributed by atoms with Crippen LogP contribution >= 0.6 is 0 Å². The van der Waals surface area contributed by atoms with Crippen LogP contribution in [0.25, 0.3) is 0 Å². The number of amides is 2. The highest BCUT2D eigenvalue weighted by Gasteiger charge is 2.37. The van der Waals surface area contributed by atoms with Gasteiger partial charge in [0.15, 0.2) is 0 Å². The van der Waals surface area contributed by atoms with Gasteiger partial charge in [0.05, 0.1) is 0 Å². The van der Waals surface area contributed by atoms with E-state index in [-0.39, 0.29) is 23.0 Å². The molecule has 1 heterocycles. The number of hydrogen-bond donors (Lipinski definition) is 2. The molecular weight excluding hydrogens is 268 g/mol. The summed E-state index contributed by atoms with van der Waals surface area (Å²) in [5, 5.41) is 12.3. The molecule has 0 aliphatic carbocycles. The molecule has 5 nitrogen and oxygen atoms in total. The van der Waals surface area contributed by atoms with Crippen molar-refractivity contribution < 1.29 is 14.7 Å². The number of nitrogens with one attached hydrogen (secondary N) is 1. The third-order valence-electron chi connectivity index (χ3n) is 3.62. The van der Waals surface area contributed by atoms with Gasteiger partial charge in [-0.3, -0.25) is 9.59 Å². The van der Waals surface area contributed by atoms with Gasteiger partial charge in [-0.05, 0) is 23.1 Å². The first-order valence-electron chi connectivity index (χ1n) is 7.13. The maximum atomic E-state index is 12.7. The largest absolute Gasteiger partial charge is 0.508 e. The van der Waals surface area contributed by atoms with E-state index in [2.05, 4.69) is 5.32 Å². The van der Waals surface area contributed by atoms with Crippen LogP contribution in [-0.2, 0) is 16.1 Å². The van der Waals surface area contributed by atoms with Gasteiger partial charge >= 0.3 is 0 Å². The number of aromatic hydroxyl groups is 1. The molecular formula is C16H22N2O3. The molecule has 0 spiro atoms. The molecule has 1 aromatic carbocycles. The average molecular weight is 290 g/mol. The van der Waals surface area contributed by atoms with Crippen LogP contribution in [0.3, 0.4) is 0 Å². The van der Waals surface area contributed by atoms with Gasteiger partial charge in [0.2, 0.25) is 11.8 Å². The second-order valence-corrected chi connectivity index (χ2v) is 6.55. The average Bonchev–Trinajstić information content (AvgIpc) is 2.51. The number of hydrogen-bond acceptors (Lipinski definition) is 3. The van der Waals surface area contributed by atoms with Crippen LogP contribution < -0.4 is 5.32 Å². The third kappa shape index (κ3) is 3.74. The summed E-state index contributed by atoms with van der Waals surface area (Å²) < 4.78 is 0. The van der Waals surface area contributed by atoms with Crippen molar-refractivity contribution in [3.05, 3.63) is 29.8 Å². The molecule has 2 rings (SSSR count). The SMILES string of the molecule is CC(C)(C)C1NC(=O)CCN(Cc2cccc(O)c2)C1=O.